The number of urea groups is 1. The Balaban J connectivity index is 2.43. The van der Waals surface area contributed by atoms with Gasteiger partial charge in [-0.3, -0.25) is 19.7 Å². The highest BCUT2D eigenvalue weighted by molar-refractivity contribution is 5.98. The number of nitrogens with one attached hydrogen (secondary N) is 3. The molecular formula is C19H27N3O6. The molecule has 0 unspecified atom stereocenters. The number of imide groups is 1. The number of benzene rings is 1. The fourth-order valence-corrected chi connectivity index (χ4v) is 2.00. The van der Waals surface area contributed by atoms with Crippen molar-refractivity contribution >= 4 is 23.8 Å². The molecule has 4 amide bonds. The van der Waals surface area contributed by atoms with Gasteiger partial charge in [0.2, 0.25) is 0 Å². The van der Waals surface area contributed by atoms with Crippen molar-refractivity contribution in [1.82, 2.24) is 16.0 Å². The quantitative estimate of drug-likeness (QED) is 0.601. The summed E-state index contributed by atoms with van der Waals surface area (Å²) in [5.41, 5.74) is -0.170. The third-order valence-corrected chi connectivity index (χ3v) is 3.22. The van der Waals surface area contributed by atoms with Crippen molar-refractivity contribution in [2.24, 2.45) is 0 Å². The molecule has 0 aliphatic rings. The lowest BCUT2D eigenvalue weighted by atomic mass is 10.1. The number of ether oxygens (including phenoxy) is 2. The van der Waals surface area contributed by atoms with Crippen molar-refractivity contribution in [1.29, 1.82) is 0 Å². The molecule has 154 valence electrons. The lowest BCUT2D eigenvalue weighted by Crippen LogP contribution is -2.50. The summed E-state index contributed by atoms with van der Waals surface area (Å²) in [6, 6.07) is 5.73. The Labute approximate surface area is 164 Å². The number of rotatable bonds is 7. The molecule has 0 radical (unpaired) electrons. The minimum Gasteiger partial charge on any atom is -0.494 e. The molecule has 0 fully saturated rings. The molecule has 0 bridgehead atoms. The third kappa shape index (κ3) is 8.52. The second-order valence-electron chi connectivity index (χ2n) is 6.97. The zero-order chi connectivity index (χ0) is 21.3. The lowest BCUT2D eigenvalue weighted by Gasteiger charge is -2.21. The van der Waals surface area contributed by atoms with E-state index in [0.29, 0.717) is 17.9 Å². The van der Waals surface area contributed by atoms with Gasteiger partial charge in [0.25, 0.3) is 11.8 Å². The molecule has 28 heavy (non-hydrogen) atoms. The molecule has 0 aromatic heterocycles. The molecule has 3 N–H and O–H groups in total. The zero-order valence-corrected chi connectivity index (χ0v) is 16.8. The number of carbonyl (C=O) groups excluding carboxylic acids is 4. The first-order valence-corrected chi connectivity index (χ1v) is 8.85. The first-order valence-electron chi connectivity index (χ1n) is 8.85. The van der Waals surface area contributed by atoms with E-state index < -0.39 is 42.0 Å². The molecule has 1 rings (SSSR count). The highest BCUT2D eigenvalue weighted by atomic mass is 16.5. The molecule has 0 heterocycles. The number of amides is 4. The summed E-state index contributed by atoms with van der Waals surface area (Å²) in [7, 11) is 0. The largest absolute Gasteiger partial charge is 0.494 e. The van der Waals surface area contributed by atoms with Gasteiger partial charge in [-0.05, 0) is 58.9 Å². The summed E-state index contributed by atoms with van der Waals surface area (Å²) in [4.78, 5) is 47.4. The maximum Gasteiger partial charge on any atom is 0.326 e. The minimum atomic E-state index is -1.19. The van der Waals surface area contributed by atoms with Crippen LogP contribution in [-0.4, -0.2) is 48.6 Å². The third-order valence-electron chi connectivity index (χ3n) is 3.22. The summed E-state index contributed by atoms with van der Waals surface area (Å²) in [5, 5.41) is 7.03. The highest BCUT2D eigenvalue weighted by Crippen LogP contribution is 2.11. The first-order chi connectivity index (χ1) is 13.0. The second kappa shape index (κ2) is 10.3. The van der Waals surface area contributed by atoms with Crippen molar-refractivity contribution in [3.63, 3.8) is 0 Å². The van der Waals surface area contributed by atoms with Gasteiger partial charge in [0.15, 0.2) is 6.10 Å². The van der Waals surface area contributed by atoms with Gasteiger partial charge in [-0.25, -0.2) is 4.79 Å². The minimum absolute atomic E-state index is 0.348. The van der Waals surface area contributed by atoms with Gasteiger partial charge in [-0.1, -0.05) is 0 Å². The van der Waals surface area contributed by atoms with Crippen LogP contribution >= 0.6 is 0 Å². The topological polar surface area (TPSA) is 123 Å². The van der Waals surface area contributed by atoms with Crippen LogP contribution in [0.4, 0.5) is 4.79 Å². The van der Waals surface area contributed by atoms with Crippen molar-refractivity contribution in [3.05, 3.63) is 29.8 Å². The average molecular weight is 393 g/mol. The van der Waals surface area contributed by atoms with Crippen LogP contribution in [0.25, 0.3) is 0 Å². The van der Waals surface area contributed by atoms with Crippen molar-refractivity contribution in [2.75, 3.05) is 13.2 Å². The van der Waals surface area contributed by atoms with E-state index in [9.17, 15) is 19.2 Å². The van der Waals surface area contributed by atoms with Gasteiger partial charge < -0.3 is 20.1 Å². The van der Waals surface area contributed by atoms with Crippen LogP contribution in [-0.2, 0) is 14.3 Å². The van der Waals surface area contributed by atoms with Gasteiger partial charge in [-0.15, -0.1) is 0 Å². The number of carbonyl (C=O) groups is 4. The normalized spacial score (nSPS) is 11.8. The van der Waals surface area contributed by atoms with E-state index in [0.717, 1.165) is 0 Å². The molecule has 9 nitrogen and oxygen atoms in total. The Hall–Kier alpha value is -3.10. The molecule has 1 aromatic rings. The predicted molar refractivity (Wildman–Crippen MR) is 102 cm³/mol. The van der Waals surface area contributed by atoms with Crippen LogP contribution in [0.1, 0.15) is 45.0 Å². The molecule has 0 saturated heterocycles. The van der Waals surface area contributed by atoms with Gasteiger partial charge in [0, 0.05) is 11.1 Å². The van der Waals surface area contributed by atoms with Gasteiger partial charge in [0.05, 0.1) is 6.61 Å². The van der Waals surface area contributed by atoms with Gasteiger partial charge in [0.1, 0.15) is 12.3 Å². The van der Waals surface area contributed by atoms with Gasteiger partial charge in [-0.2, -0.15) is 0 Å². The SMILES string of the molecule is CCOc1ccc(C(=O)NCC(=O)O[C@@H](C)C(=O)NC(=O)NC(C)(C)C)cc1. The van der Waals surface area contributed by atoms with E-state index in [-0.39, 0.29) is 0 Å². The Kier molecular flexibility index (Phi) is 8.43. The molecule has 0 spiro atoms. The van der Waals surface area contributed by atoms with Gasteiger partial charge >= 0.3 is 12.0 Å². The fraction of sp³-hybridized carbons (Fsp3) is 0.474. The first kappa shape index (κ1) is 22.9. The summed E-state index contributed by atoms with van der Waals surface area (Å²) in [5.74, 6) is -1.42. The van der Waals surface area contributed by atoms with E-state index >= 15 is 0 Å². The summed E-state index contributed by atoms with van der Waals surface area (Å²) < 4.78 is 10.2. The van der Waals surface area contributed by atoms with Crippen LogP contribution < -0.4 is 20.7 Å². The zero-order valence-electron chi connectivity index (χ0n) is 16.8. The van der Waals surface area contributed by atoms with E-state index in [4.69, 9.17) is 9.47 Å². The lowest BCUT2D eigenvalue weighted by molar-refractivity contribution is -0.153. The van der Waals surface area contributed by atoms with Crippen LogP contribution in [0.2, 0.25) is 0 Å². The van der Waals surface area contributed by atoms with Crippen molar-refractivity contribution in [3.8, 4) is 5.75 Å². The molecular weight excluding hydrogens is 366 g/mol. The molecule has 0 saturated carbocycles. The van der Waals surface area contributed by atoms with E-state index in [2.05, 4.69) is 16.0 Å². The number of hydrogen-bond acceptors (Lipinski definition) is 6. The van der Waals surface area contributed by atoms with E-state index in [1.165, 1.54) is 6.92 Å². The maximum absolute atomic E-state index is 12.0. The molecule has 0 aliphatic carbocycles. The maximum atomic E-state index is 12.0. The van der Waals surface area contributed by atoms with Crippen molar-refractivity contribution < 1.29 is 28.7 Å². The standard InChI is InChI=1S/C19H27N3O6/c1-6-27-14-9-7-13(8-10-14)17(25)20-11-15(23)28-12(2)16(24)21-18(26)22-19(3,4)5/h7-10,12H,6,11H2,1-5H3,(H,20,25)(H2,21,22,24,26)/t12-/m0/s1. The molecule has 0 aliphatic heterocycles. The highest BCUT2D eigenvalue weighted by Gasteiger charge is 2.22. The molecule has 1 aromatic carbocycles. The number of esters is 1. The van der Waals surface area contributed by atoms with Crippen LogP contribution in [0.3, 0.4) is 0 Å². The Morgan fingerprint density at radius 3 is 2.21 bits per heavy atom. The smallest absolute Gasteiger partial charge is 0.326 e. The summed E-state index contributed by atoms with van der Waals surface area (Å²) >= 11 is 0. The van der Waals surface area contributed by atoms with E-state index in [1.54, 1.807) is 45.0 Å². The monoisotopic (exact) mass is 393 g/mol. The fourth-order valence-electron chi connectivity index (χ4n) is 2.00. The Bertz CT molecular complexity index is 709. The Morgan fingerprint density at radius 1 is 1.07 bits per heavy atom. The predicted octanol–water partition coefficient (Wildman–Crippen LogP) is 1.37. The van der Waals surface area contributed by atoms with E-state index in [1.807, 2.05) is 6.92 Å². The van der Waals surface area contributed by atoms with Crippen molar-refractivity contribution in [2.45, 2.75) is 46.3 Å². The summed E-state index contributed by atoms with van der Waals surface area (Å²) in [6.45, 7) is 8.55. The van der Waals surface area contributed by atoms with Crippen LogP contribution in [0, 0.1) is 0 Å². The Morgan fingerprint density at radius 2 is 1.68 bits per heavy atom. The van der Waals surface area contributed by atoms with Crippen LogP contribution in [0.15, 0.2) is 24.3 Å². The second-order valence-corrected chi connectivity index (χ2v) is 6.97. The molecule has 1 atom stereocenters. The molecule has 9 heteroatoms. The number of hydrogen-bond donors (Lipinski definition) is 3. The summed E-state index contributed by atoms with van der Waals surface area (Å²) in [6.07, 6.45) is -1.19. The van der Waals surface area contributed by atoms with Crippen LogP contribution in [0.5, 0.6) is 5.75 Å². The average Bonchev–Trinajstić information content (AvgIpc) is 2.58.